The second kappa shape index (κ2) is 4.50. The van der Waals surface area contributed by atoms with Crippen LogP contribution in [0.3, 0.4) is 0 Å². The Balaban J connectivity index is 3.03. The van der Waals surface area contributed by atoms with E-state index >= 15 is 0 Å². The molecule has 0 N–H and O–H groups in total. The van der Waals surface area contributed by atoms with Crippen molar-refractivity contribution in [3.8, 4) is 0 Å². The van der Waals surface area contributed by atoms with Gasteiger partial charge in [-0.2, -0.15) is 4.31 Å². The summed E-state index contributed by atoms with van der Waals surface area (Å²) in [5.41, 5.74) is -1.02. The largest absolute Gasteiger partial charge is 0.343 e. The topological polar surface area (TPSA) is 57.7 Å². The Morgan fingerprint density at radius 1 is 1.38 bits per heavy atom. The Morgan fingerprint density at radius 2 is 1.94 bits per heavy atom. The molecule has 1 aliphatic heterocycles. The summed E-state index contributed by atoms with van der Waals surface area (Å²) in [4.78, 5) is 13.4. The van der Waals surface area contributed by atoms with E-state index in [0.717, 1.165) is 0 Å². The molecule has 0 unspecified atom stereocenters. The van der Waals surface area contributed by atoms with Crippen LogP contribution in [0.5, 0.6) is 0 Å². The van der Waals surface area contributed by atoms with Gasteiger partial charge in [-0.3, -0.25) is 4.79 Å². The van der Waals surface area contributed by atoms with Gasteiger partial charge < -0.3 is 4.90 Å². The zero-order valence-electron chi connectivity index (χ0n) is 9.73. The van der Waals surface area contributed by atoms with Gasteiger partial charge in [-0.1, -0.05) is 0 Å². The number of hydrogen-bond donors (Lipinski definition) is 0. The van der Waals surface area contributed by atoms with Crippen LogP contribution < -0.4 is 0 Å². The van der Waals surface area contributed by atoms with Gasteiger partial charge in [0.2, 0.25) is 15.9 Å². The SMILES string of the molecule is CN1CCN(S(=O)(=O)CCCl)C(C)(C)C1=O. The molecule has 0 atom stereocenters. The number of nitrogens with zero attached hydrogens (tertiary/aromatic N) is 2. The Bertz CT molecular complexity index is 380. The number of carbonyl (C=O) groups is 1. The van der Waals surface area contributed by atoms with Crippen LogP contribution in [0.15, 0.2) is 0 Å². The Kier molecular flexibility index (Phi) is 3.87. The maximum atomic E-state index is 11.9. The maximum Gasteiger partial charge on any atom is 0.243 e. The van der Waals surface area contributed by atoms with Crippen LogP contribution in [0, 0.1) is 0 Å². The van der Waals surface area contributed by atoms with E-state index in [1.165, 1.54) is 4.31 Å². The van der Waals surface area contributed by atoms with E-state index < -0.39 is 15.6 Å². The van der Waals surface area contributed by atoms with Gasteiger partial charge in [0.1, 0.15) is 5.54 Å². The minimum atomic E-state index is -3.44. The molecule has 5 nitrogen and oxygen atoms in total. The lowest BCUT2D eigenvalue weighted by Crippen LogP contribution is -2.63. The van der Waals surface area contributed by atoms with Crippen molar-refractivity contribution < 1.29 is 13.2 Å². The average molecular weight is 269 g/mol. The number of alkyl halides is 1. The monoisotopic (exact) mass is 268 g/mol. The molecule has 0 spiro atoms. The van der Waals surface area contributed by atoms with Gasteiger partial charge in [-0.25, -0.2) is 8.42 Å². The fourth-order valence-corrected chi connectivity index (χ4v) is 4.02. The van der Waals surface area contributed by atoms with Gasteiger partial charge in [0.05, 0.1) is 5.75 Å². The lowest BCUT2D eigenvalue weighted by atomic mass is 10.0. The molecule has 0 bridgehead atoms. The first-order valence-electron chi connectivity index (χ1n) is 5.05. The first-order valence-corrected chi connectivity index (χ1v) is 7.20. The van der Waals surface area contributed by atoms with Crippen LogP contribution in [-0.2, 0) is 14.8 Å². The summed E-state index contributed by atoms with van der Waals surface area (Å²) in [6.07, 6.45) is 0. The molecule has 0 aromatic carbocycles. The van der Waals surface area contributed by atoms with Gasteiger partial charge in [0, 0.05) is 26.0 Å². The molecule has 0 aromatic heterocycles. The first kappa shape index (κ1) is 13.7. The summed E-state index contributed by atoms with van der Waals surface area (Å²) in [6.45, 7) is 3.99. The van der Waals surface area contributed by atoms with Crippen LogP contribution >= 0.6 is 11.6 Å². The summed E-state index contributed by atoms with van der Waals surface area (Å²) in [5.74, 6) is -0.273. The van der Waals surface area contributed by atoms with Gasteiger partial charge >= 0.3 is 0 Å². The van der Waals surface area contributed by atoms with Crippen LogP contribution in [0.1, 0.15) is 13.8 Å². The number of amides is 1. The molecule has 1 saturated heterocycles. The second-order valence-electron chi connectivity index (χ2n) is 4.36. The standard InChI is InChI=1S/C9H17ClN2O3S/c1-9(2)8(13)11(3)5-6-12(9)16(14,15)7-4-10/h4-7H2,1-3H3. The highest BCUT2D eigenvalue weighted by Crippen LogP contribution is 2.25. The van der Waals surface area contributed by atoms with Crippen molar-refractivity contribution in [3.05, 3.63) is 0 Å². The average Bonchev–Trinajstić information content (AvgIpc) is 2.13. The van der Waals surface area contributed by atoms with Crippen LogP contribution in [-0.4, -0.2) is 60.8 Å². The molecule has 0 saturated carbocycles. The molecule has 1 amide bonds. The number of sulfonamides is 1. The third-order valence-electron chi connectivity index (χ3n) is 2.80. The Hall–Kier alpha value is -0.330. The highest BCUT2D eigenvalue weighted by molar-refractivity contribution is 7.89. The van der Waals surface area contributed by atoms with Crippen molar-refractivity contribution in [2.45, 2.75) is 19.4 Å². The lowest BCUT2D eigenvalue weighted by molar-refractivity contribution is -0.142. The lowest BCUT2D eigenvalue weighted by Gasteiger charge is -2.43. The van der Waals surface area contributed by atoms with Crippen molar-refractivity contribution in [2.24, 2.45) is 0 Å². The molecule has 0 aliphatic carbocycles. The smallest absolute Gasteiger partial charge is 0.243 e. The first-order chi connectivity index (χ1) is 7.23. The van der Waals surface area contributed by atoms with Gasteiger partial charge in [0.15, 0.2) is 0 Å². The number of carbonyl (C=O) groups excluding carboxylic acids is 1. The molecular weight excluding hydrogens is 252 g/mol. The molecule has 0 radical (unpaired) electrons. The van der Waals surface area contributed by atoms with E-state index in [0.29, 0.717) is 13.1 Å². The molecule has 1 aliphatic rings. The zero-order valence-corrected chi connectivity index (χ0v) is 11.3. The summed E-state index contributed by atoms with van der Waals surface area (Å²) in [6, 6.07) is 0. The summed E-state index contributed by atoms with van der Waals surface area (Å²) >= 11 is 5.46. The van der Waals surface area contributed by atoms with E-state index in [1.54, 1.807) is 25.8 Å². The highest BCUT2D eigenvalue weighted by atomic mass is 35.5. The number of halogens is 1. The minimum Gasteiger partial charge on any atom is -0.343 e. The highest BCUT2D eigenvalue weighted by Gasteiger charge is 2.45. The second-order valence-corrected chi connectivity index (χ2v) is 6.75. The number of piperazine rings is 1. The fraction of sp³-hybridized carbons (Fsp3) is 0.889. The predicted octanol–water partition coefficient (Wildman–Crippen LogP) is 0.108. The zero-order chi connectivity index (χ0) is 12.6. The maximum absolute atomic E-state index is 11.9. The van der Waals surface area contributed by atoms with Crippen LogP contribution in [0.2, 0.25) is 0 Å². The van der Waals surface area contributed by atoms with Crippen molar-refractivity contribution in [2.75, 3.05) is 31.8 Å². The van der Waals surface area contributed by atoms with E-state index in [9.17, 15) is 13.2 Å². The number of likely N-dealkylation sites (N-methyl/N-ethyl adjacent to an activating group) is 1. The Labute approximate surface area is 101 Å². The molecule has 16 heavy (non-hydrogen) atoms. The van der Waals surface area contributed by atoms with E-state index in [4.69, 9.17) is 11.6 Å². The fourth-order valence-electron chi connectivity index (χ4n) is 1.89. The molecule has 7 heteroatoms. The number of hydrogen-bond acceptors (Lipinski definition) is 3. The van der Waals surface area contributed by atoms with Gasteiger partial charge in [0.25, 0.3) is 0 Å². The molecule has 0 aromatic rings. The van der Waals surface area contributed by atoms with Crippen LogP contribution in [0.25, 0.3) is 0 Å². The molecular formula is C9H17ClN2O3S. The van der Waals surface area contributed by atoms with Gasteiger partial charge in [-0.15, -0.1) is 11.6 Å². The van der Waals surface area contributed by atoms with Crippen molar-refractivity contribution >= 4 is 27.5 Å². The molecule has 94 valence electrons. The normalized spacial score (nSPS) is 22.5. The van der Waals surface area contributed by atoms with Crippen molar-refractivity contribution in [3.63, 3.8) is 0 Å². The molecule has 1 rings (SSSR count). The van der Waals surface area contributed by atoms with Crippen molar-refractivity contribution in [1.82, 2.24) is 9.21 Å². The van der Waals surface area contributed by atoms with E-state index in [1.807, 2.05) is 0 Å². The van der Waals surface area contributed by atoms with Crippen molar-refractivity contribution in [1.29, 1.82) is 0 Å². The Morgan fingerprint density at radius 3 is 2.44 bits per heavy atom. The summed E-state index contributed by atoms with van der Waals surface area (Å²) in [5, 5.41) is 0. The van der Waals surface area contributed by atoms with Gasteiger partial charge in [-0.05, 0) is 13.8 Å². The van der Waals surface area contributed by atoms with E-state index in [2.05, 4.69) is 0 Å². The third-order valence-corrected chi connectivity index (χ3v) is 5.25. The van der Waals surface area contributed by atoms with Crippen LogP contribution in [0.4, 0.5) is 0 Å². The minimum absolute atomic E-state index is 0.0406. The predicted molar refractivity (Wildman–Crippen MR) is 62.9 cm³/mol. The number of rotatable bonds is 3. The van der Waals surface area contributed by atoms with E-state index in [-0.39, 0.29) is 17.5 Å². The summed E-state index contributed by atoms with van der Waals surface area (Å²) < 4.78 is 25.1. The summed E-state index contributed by atoms with van der Waals surface area (Å²) in [7, 11) is -1.77. The molecule has 1 heterocycles. The third kappa shape index (κ3) is 2.33. The quantitative estimate of drug-likeness (QED) is 0.683. The molecule has 1 fully saturated rings.